The van der Waals surface area contributed by atoms with Crippen molar-refractivity contribution in [3.05, 3.63) is 0 Å². The highest BCUT2D eigenvalue weighted by atomic mass is 16.1. The first kappa shape index (κ1) is 12.5. The van der Waals surface area contributed by atoms with Crippen LogP contribution in [0.4, 0.5) is 0 Å². The van der Waals surface area contributed by atoms with Gasteiger partial charge in [-0.05, 0) is 24.8 Å². The van der Waals surface area contributed by atoms with Gasteiger partial charge in [-0.2, -0.15) is 0 Å². The lowest BCUT2D eigenvalue weighted by atomic mass is 9.92. The van der Waals surface area contributed by atoms with Crippen molar-refractivity contribution in [3.8, 4) is 0 Å². The predicted octanol–water partition coefficient (Wildman–Crippen LogP) is 1.68. The first-order chi connectivity index (χ1) is 6.97. The van der Waals surface area contributed by atoms with E-state index in [1.54, 1.807) is 0 Å². The van der Waals surface area contributed by atoms with Crippen LogP contribution in [0.25, 0.3) is 0 Å². The number of carbonyl (C=O) groups is 1. The van der Waals surface area contributed by atoms with Crippen molar-refractivity contribution < 1.29 is 4.79 Å². The van der Waals surface area contributed by atoms with Crippen LogP contribution < -0.4 is 10.6 Å². The van der Waals surface area contributed by atoms with Crippen molar-refractivity contribution >= 4 is 5.91 Å². The lowest BCUT2D eigenvalue weighted by Gasteiger charge is -2.24. The van der Waals surface area contributed by atoms with Gasteiger partial charge in [0.1, 0.15) is 0 Å². The van der Waals surface area contributed by atoms with Gasteiger partial charge in [0, 0.05) is 19.0 Å². The molecule has 0 aliphatic carbocycles. The number of hydrogen-bond donors (Lipinski definition) is 2. The average Bonchev–Trinajstić information content (AvgIpc) is 2.14. The zero-order valence-electron chi connectivity index (χ0n) is 10.2. The number of hydrogen-bond acceptors (Lipinski definition) is 2. The van der Waals surface area contributed by atoms with Crippen LogP contribution in [0.5, 0.6) is 0 Å². The molecule has 1 unspecified atom stereocenters. The molecule has 1 atom stereocenters. The molecule has 1 saturated heterocycles. The number of carbonyl (C=O) groups excluding carboxylic acids is 1. The van der Waals surface area contributed by atoms with Gasteiger partial charge in [0.05, 0.1) is 0 Å². The summed E-state index contributed by atoms with van der Waals surface area (Å²) >= 11 is 0. The standard InChI is InChI=1S/C12H24N2O/c1-12(2,3)8-11(15)14-9-10-6-4-5-7-13-10/h10,13H,4-9H2,1-3H3,(H,14,15). The van der Waals surface area contributed by atoms with Crippen molar-refractivity contribution in [3.63, 3.8) is 0 Å². The third-order valence-electron chi connectivity index (χ3n) is 2.65. The summed E-state index contributed by atoms with van der Waals surface area (Å²) in [5.74, 6) is 0.176. The molecule has 1 amide bonds. The molecule has 0 aromatic rings. The quantitative estimate of drug-likeness (QED) is 0.747. The third kappa shape index (κ3) is 5.78. The normalized spacial score (nSPS) is 22.5. The summed E-state index contributed by atoms with van der Waals surface area (Å²) in [5, 5.41) is 6.43. The number of piperidine rings is 1. The molecule has 1 heterocycles. The number of rotatable bonds is 3. The Labute approximate surface area is 93.0 Å². The predicted molar refractivity (Wildman–Crippen MR) is 62.7 cm³/mol. The molecule has 1 rings (SSSR count). The summed E-state index contributed by atoms with van der Waals surface area (Å²) in [6, 6.07) is 0.489. The molecule has 3 heteroatoms. The topological polar surface area (TPSA) is 41.1 Å². The highest BCUT2D eigenvalue weighted by Gasteiger charge is 2.17. The molecule has 0 spiro atoms. The summed E-state index contributed by atoms with van der Waals surface area (Å²) < 4.78 is 0. The maximum absolute atomic E-state index is 11.6. The minimum absolute atomic E-state index is 0.0874. The first-order valence-electron chi connectivity index (χ1n) is 5.97. The highest BCUT2D eigenvalue weighted by Crippen LogP contribution is 2.17. The summed E-state index contributed by atoms with van der Waals surface area (Å²) in [4.78, 5) is 11.6. The molecule has 15 heavy (non-hydrogen) atoms. The molecule has 0 radical (unpaired) electrons. The van der Waals surface area contributed by atoms with Crippen molar-refractivity contribution in [1.82, 2.24) is 10.6 Å². The van der Waals surface area contributed by atoms with E-state index in [4.69, 9.17) is 0 Å². The van der Waals surface area contributed by atoms with E-state index < -0.39 is 0 Å². The summed E-state index contributed by atoms with van der Waals surface area (Å²) in [6.45, 7) is 8.15. The van der Waals surface area contributed by atoms with E-state index in [2.05, 4.69) is 31.4 Å². The van der Waals surface area contributed by atoms with Gasteiger partial charge in [0.15, 0.2) is 0 Å². The second-order valence-electron chi connectivity index (χ2n) is 5.69. The second-order valence-corrected chi connectivity index (χ2v) is 5.69. The van der Waals surface area contributed by atoms with Crippen molar-refractivity contribution in [2.75, 3.05) is 13.1 Å². The molecule has 0 saturated carbocycles. The smallest absolute Gasteiger partial charge is 0.220 e. The molecule has 1 aliphatic heterocycles. The van der Waals surface area contributed by atoms with Crippen LogP contribution in [-0.2, 0) is 4.79 Å². The van der Waals surface area contributed by atoms with Gasteiger partial charge in [0.2, 0.25) is 5.91 Å². The van der Waals surface area contributed by atoms with Crippen LogP contribution in [0.1, 0.15) is 46.5 Å². The lowest BCUT2D eigenvalue weighted by molar-refractivity contribution is -0.122. The maximum atomic E-state index is 11.6. The fourth-order valence-corrected chi connectivity index (χ4v) is 1.88. The number of nitrogens with one attached hydrogen (secondary N) is 2. The Balaban J connectivity index is 2.15. The molecule has 2 N–H and O–H groups in total. The van der Waals surface area contributed by atoms with Gasteiger partial charge < -0.3 is 10.6 Å². The summed E-state index contributed by atoms with van der Waals surface area (Å²) in [7, 11) is 0. The Morgan fingerprint density at radius 1 is 1.40 bits per heavy atom. The Bertz CT molecular complexity index is 202. The van der Waals surface area contributed by atoms with Crippen LogP contribution in [0.15, 0.2) is 0 Å². The van der Waals surface area contributed by atoms with Crippen molar-refractivity contribution in [2.45, 2.75) is 52.5 Å². The summed E-state index contributed by atoms with van der Waals surface area (Å²) in [6.07, 6.45) is 4.36. The average molecular weight is 212 g/mol. The van der Waals surface area contributed by atoms with Crippen LogP contribution in [0.2, 0.25) is 0 Å². The van der Waals surface area contributed by atoms with Crippen molar-refractivity contribution in [1.29, 1.82) is 0 Å². The minimum Gasteiger partial charge on any atom is -0.355 e. The van der Waals surface area contributed by atoms with Crippen LogP contribution >= 0.6 is 0 Å². The Kier molecular flexibility index (Phi) is 4.58. The molecule has 1 fully saturated rings. The largest absolute Gasteiger partial charge is 0.355 e. The lowest BCUT2D eigenvalue weighted by Crippen LogP contribution is -2.43. The molecule has 0 aromatic carbocycles. The molecular weight excluding hydrogens is 188 g/mol. The fraction of sp³-hybridized carbons (Fsp3) is 0.917. The zero-order chi connectivity index (χ0) is 11.3. The monoisotopic (exact) mass is 212 g/mol. The Morgan fingerprint density at radius 2 is 2.13 bits per heavy atom. The van der Waals surface area contributed by atoms with Gasteiger partial charge >= 0.3 is 0 Å². The van der Waals surface area contributed by atoms with E-state index >= 15 is 0 Å². The van der Waals surface area contributed by atoms with Crippen LogP contribution in [0.3, 0.4) is 0 Å². The van der Waals surface area contributed by atoms with E-state index in [9.17, 15) is 4.79 Å². The summed E-state index contributed by atoms with van der Waals surface area (Å²) in [5.41, 5.74) is 0.0874. The fourth-order valence-electron chi connectivity index (χ4n) is 1.88. The molecule has 0 bridgehead atoms. The van der Waals surface area contributed by atoms with Crippen molar-refractivity contribution in [2.24, 2.45) is 5.41 Å². The van der Waals surface area contributed by atoms with Crippen LogP contribution in [-0.4, -0.2) is 25.0 Å². The van der Waals surface area contributed by atoms with Gasteiger partial charge in [-0.15, -0.1) is 0 Å². The van der Waals surface area contributed by atoms with Gasteiger partial charge in [-0.3, -0.25) is 4.79 Å². The minimum atomic E-state index is 0.0874. The van der Waals surface area contributed by atoms with E-state index in [0.29, 0.717) is 12.5 Å². The van der Waals surface area contributed by atoms with Gasteiger partial charge in [-0.1, -0.05) is 27.2 Å². The van der Waals surface area contributed by atoms with Gasteiger partial charge in [-0.25, -0.2) is 0 Å². The van der Waals surface area contributed by atoms with Gasteiger partial charge in [0.25, 0.3) is 0 Å². The Morgan fingerprint density at radius 3 is 2.67 bits per heavy atom. The Hall–Kier alpha value is -0.570. The highest BCUT2D eigenvalue weighted by molar-refractivity contribution is 5.76. The molecule has 1 aliphatic rings. The van der Waals surface area contributed by atoms with Crippen LogP contribution in [0, 0.1) is 5.41 Å². The molecule has 0 aromatic heterocycles. The molecule has 88 valence electrons. The van der Waals surface area contributed by atoms with E-state index in [1.165, 1.54) is 19.3 Å². The zero-order valence-corrected chi connectivity index (χ0v) is 10.2. The third-order valence-corrected chi connectivity index (χ3v) is 2.65. The number of amides is 1. The van der Waals surface area contributed by atoms with E-state index in [1.807, 2.05) is 0 Å². The van der Waals surface area contributed by atoms with E-state index in [0.717, 1.165) is 13.1 Å². The molecule has 3 nitrogen and oxygen atoms in total. The second kappa shape index (κ2) is 5.50. The molecular formula is C12H24N2O. The first-order valence-corrected chi connectivity index (χ1v) is 5.97. The van der Waals surface area contributed by atoms with E-state index in [-0.39, 0.29) is 11.3 Å². The maximum Gasteiger partial charge on any atom is 0.220 e. The SMILES string of the molecule is CC(C)(C)CC(=O)NCC1CCCCN1.